The minimum atomic E-state index is 0.463. The molecule has 0 amide bonds. The molecule has 0 aliphatic heterocycles. The van der Waals surface area contributed by atoms with Crippen molar-refractivity contribution in [2.75, 3.05) is 20.8 Å². The van der Waals surface area contributed by atoms with E-state index in [0.717, 1.165) is 33.8 Å². The van der Waals surface area contributed by atoms with Gasteiger partial charge in [0.2, 0.25) is 0 Å². The van der Waals surface area contributed by atoms with Gasteiger partial charge in [0.15, 0.2) is 11.5 Å². The molecular weight excluding hydrogens is 360 g/mol. The molecule has 0 spiro atoms. The zero-order valence-electron chi connectivity index (χ0n) is 17.8. The Kier molecular flexibility index (Phi) is 6.28. The lowest BCUT2D eigenvalue weighted by atomic mass is 9.93. The molecule has 29 heavy (non-hydrogen) atoms. The van der Waals surface area contributed by atoms with Crippen LogP contribution in [-0.2, 0) is 0 Å². The third-order valence-corrected chi connectivity index (χ3v) is 5.14. The summed E-state index contributed by atoms with van der Waals surface area (Å²) in [4.78, 5) is 0. The number of benzene rings is 3. The zero-order valence-corrected chi connectivity index (χ0v) is 17.8. The second-order valence-electron chi connectivity index (χ2n) is 7.22. The third-order valence-electron chi connectivity index (χ3n) is 5.14. The second-order valence-corrected chi connectivity index (χ2v) is 7.22. The minimum Gasteiger partial charge on any atom is -0.496 e. The summed E-state index contributed by atoms with van der Waals surface area (Å²) in [6.45, 7) is 10.6. The maximum atomic E-state index is 5.90. The van der Waals surface area contributed by atoms with Crippen LogP contribution in [0, 0.1) is 0 Å². The molecule has 0 bridgehead atoms. The van der Waals surface area contributed by atoms with Crippen LogP contribution in [0.1, 0.15) is 31.9 Å². The molecule has 150 valence electrons. The quantitative estimate of drug-likeness (QED) is 0.330. The zero-order chi connectivity index (χ0) is 21.0. The number of fused-ring (bicyclic) bond motifs is 1. The van der Waals surface area contributed by atoms with Gasteiger partial charge in [0.25, 0.3) is 0 Å². The van der Waals surface area contributed by atoms with Crippen molar-refractivity contribution >= 4 is 21.9 Å². The molecule has 0 aliphatic carbocycles. The van der Waals surface area contributed by atoms with Gasteiger partial charge in [-0.1, -0.05) is 43.0 Å². The Balaban J connectivity index is 2.09. The van der Waals surface area contributed by atoms with Gasteiger partial charge in [-0.2, -0.15) is 0 Å². The molecule has 3 aromatic rings. The fraction of sp³-hybridized carbons (Fsp3) is 0.231. The minimum absolute atomic E-state index is 0.463. The van der Waals surface area contributed by atoms with Crippen molar-refractivity contribution in [1.82, 2.24) is 0 Å². The first-order valence-electron chi connectivity index (χ1n) is 9.65. The summed E-state index contributed by atoms with van der Waals surface area (Å²) in [7, 11) is 3.36. The van der Waals surface area contributed by atoms with E-state index in [2.05, 4.69) is 50.8 Å². The molecule has 0 heterocycles. The number of methoxy groups -OCH3 is 2. The molecule has 3 heteroatoms. The number of allylic oxidation sites excluding steroid dienone is 2. The van der Waals surface area contributed by atoms with Crippen LogP contribution >= 0.6 is 0 Å². The summed E-state index contributed by atoms with van der Waals surface area (Å²) >= 11 is 0. The Labute approximate surface area is 173 Å². The van der Waals surface area contributed by atoms with Crippen LogP contribution in [0.3, 0.4) is 0 Å². The van der Waals surface area contributed by atoms with Crippen molar-refractivity contribution in [3.05, 3.63) is 77.9 Å². The number of ether oxygens (including phenoxy) is 3. The lowest BCUT2D eigenvalue weighted by Gasteiger charge is -2.16. The van der Waals surface area contributed by atoms with Crippen molar-refractivity contribution in [2.24, 2.45) is 0 Å². The maximum absolute atomic E-state index is 5.90. The van der Waals surface area contributed by atoms with E-state index in [1.165, 1.54) is 22.1 Å². The highest BCUT2D eigenvalue weighted by atomic mass is 16.5. The number of hydrogen-bond acceptors (Lipinski definition) is 3. The van der Waals surface area contributed by atoms with Crippen LogP contribution in [0.4, 0.5) is 0 Å². The molecule has 0 radical (unpaired) electrons. The second kappa shape index (κ2) is 8.87. The van der Waals surface area contributed by atoms with E-state index in [-0.39, 0.29) is 0 Å². The van der Waals surface area contributed by atoms with Gasteiger partial charge < -0.3 is 14.2 Å². The van der Waals surface area contributed by atoms with Crippen molar-refractivity contribution in [3.63, 3.8) is 0 Å². The molecule has 0 atom stereocenters. The van der Waals surface area contributed by atoms with E-state index in [4.69, 9.17) is 14.2 Å². The molecular formula is C26H28O3. The van der Waals surface area contributed by atoms with Gasteiger partial charge in [-0.3, -0.25) is 0 Å². The monoisotopic (exact) mass is 388 g/mol. The molecule has 0 unspecified atom stereocenters. The van der Waals surface area contributed by atoms with Crippen LogP contribution in [-0.4, -0.2) is 20.8 Å². The maximum Gasteiger partial charge on any atom is 0.162 e. The summed E-state index contributed by atoms with van der Waals surface area (Å²) in [6, 6.07) is 18.5. The average molecular weight is 389 g/mol. The average Bonchev–Trinajstić information content (AvgIpc) is 2.75. The van der Waals surface area contributed by atoms with Crippen LogP contribution in [0.25, 0.3) is 21.9 Å². The lowest BCUT2D eigenvalue weighted by Crippen LogP contribution is -2.00. The SMILES string of the molecule is C=C(C)COc1cc(/C(C)=C(\C)c2cccc3c(OC)cccc23)ccc1OC. The van der Waals surface area contributed by atoms with Gasteiger partial charge in [0, 0.05) is 5.39 Å². The molecule has 0 aliphatic rings. The van der Waals surface area contributed by atoms with Gasteiger partial charge in [0.1, 0.15) is 12.4 Å². The highest BCUT2D eigenvalue weighted by molar-refractivity contribution is 6.02. The van der Waals surface area contributed by atoms with Crippen molar-refractivity contribution in [1.29, 1.82) is 0 Å². The van der Waals surface area contributed by atoms with E-state index >= 15 is 0 Å². The number of rotatable bonds is 7. The summed E-state index contributed by atoms with van der Waals surface area (Å²) < 4.78 is 16.9. The molecule has 3 aromatic carbocycles. The topological polar surface area (TPSA) is 27.7 Å². The molecule has 0 aromatic heterocycles. The molecule has 0 saturated carbocycles. The van der Waals surface area contributed by atoms with E-state index < -0.39 is 0 Å². The van der Waals surface area contributed by atoms with Gasteiger partial charge >= 0.3 is 0 Å². The van der Waals surface area contributed by atoms with Crippen molar-refractivity contribution in [3.8, 4) is 17.2 Å². The molecule has 0 N–H and O–H groups in total. The van der Waals surface area contributed by atoms with E-state index in [1.54, 1.807) is 14.2 Å². The van der Waals surface area contributed by atoms with Crippen LogP contribution < -0.4 is 14.2 Å². The number of hydrogen-bond donors (Lipinski definition) is 0. The Morgan fingerprint density at radius 3 is 2.14 bits per heavy atom. The van der Waals surface area contributed by atoms with Gasteiger partial charge in [-0.05, 0) is 72.2 Å². The Morgan fingerprint density at radius 1 is 0.759 bits per heavy atom. The Hall–Kier alpha value is -3.20. The molecule has 3 nitrogen and oxygen atoms in total. The first-order chi connectivity index (χ1) is 14.0. The predicted molar refractivity (Wildman–Crippen MR) is 122 cm³/mol. The summed E-state index contributed by atoms with van der Waals surface area (Å²) in [5.41, 5.74) is 5.65. The molecule has 0 fully saturated rings. The van der Waals surface area contributed by atoms with E-state index in [1.807, 2.05) is 31.2 Å². The van der Waals surface area contributed by atoms with Gasteiger partial charge in [-0.25, -0.2) is 0 Å². The highest BCUT2D eigenvalue weighted by Gasteiger charge is 2.12. The Morgan fingerprint density at radius 2 is 1.45 bits per heavy atom. The molecule has 3 rings (SSSR count). The first kappa shape index (κ1) is 20.5. The van der Waals surface area contributed by atoms with Crippen LogP contribution in [0.5, 0.6) is 17.2 Å². The highest BCUT2D eigenvalue weighted by Crippen LogP contribution is 2.36. The van der Waals surface area contributed by atoms with E-state index in [0.29, 0.717) is 6.61 Å². The van der Waals surface area contributed by atoms with Gasteiger partial charge in [-0.15, -0.1) is 0 Å². The fourth-order valence-electron chi connectivity index (χ4n) is 3.43. The van der Waals surface area contributed by atoms with Gasteiger partial charge in [0.05, 0.1) is 14.2 Å². The van der Waals surface area contributed by atoms with Crippen LogP contribution in [0.2, 0.25) is 0 Å². The Bertz CT molecular complexity index is 1080. The van der Waals surface area contributed by atoms with Crippen molar-refractivity contribution < 1.29 is 14.2 Å². The summed E-state index contributed by atoms with van der Waals surface area (Å²) in [6.07, 6.45) is 0. The summed E-state index contributed by atoms with van der Waals surface area (Å²) in [5, 5.41) is 2.29. The third kappa shape index (κ3) is 4.29. The largest absolute Gasteiger partial charge is 0.496 e. The van der Waals surface area contributed by atoms with Crippen molar-refractivity contribution in [2.45, 2.75) is 20.8 Å². The summed E-state index contributed by atoms with van der Waals surface area (Å²) in [5.74, 6) is 2.32. The lowest BCUT2D eigenvalue weighted by molar-refractivity contribution is 0.319. The van der Waals surface area contributed by atoms with E-state index in [9.17, 15) is 0 Å². The smallest absolute Gasteiger partial charge is 0.162 e. The fourth-order valence-corrected chi connectivity index (χ4v) is 3.43. The standard InChI is InChI=1S/C26H28O3/c1-17(2)16-29-26-15-20(13-14-25(26)28-6)18(3)19(4)21-9-7-11-23-22(21)10-8-12-24(23)27-5/h7-15H,1,16H2,2-6H3/b19-18+. The van der Waals surface area contributed by atoms with Crippen LogP contribution in [0.15, 0.2) is 66.7 Å². The predicted octanol–water partition coefficient (Wildman–Crippen LogP) is 6.76. The molecule has 0 saturated heterocycles. The normalized spacial score (nSPS) is 11.8. The first-order valence-corrected chi connectivity index (χ1v) is 9.65.